The molecule has 1 unspecified atom stereocenters. The summed E-state index contributed by atoms with van der Waals surface area (Å²) in [4.78, 5) is 0. The van der Waals surface area contributed by atoms with E-state index in [-0.39, 0.29) is 6.04 Å². The minimum absolute atomic E-state index is 0.0338. The van der Waals surface area contributed by atoms with Gasteiger partial charge in [-0.2, -0.15) is 0 Å². The van der Waals surface area contributed by atoms with Crippen molar-refractivity contribution >= 4 is 0 Å². The molecular weight excluding hydrogens is 260 g/mol. The number of nitrogens with one attached hydrogen (secondary N) is 1. The Labute approximate surface area is 117 Å². The molecule has 4 heteroatoms. The van der Waals surface area contributed by atoms with Crippen molar-refractivity contribution in [2.75, 3.05) is 6.54 Å². The molecule has 2 nitrogen and oxygen atoms in total. The summed E-state index contributed by atoms with van der Waals surface area (Å²) < 4.78 is 31.9. The quantitative estimate of drug-likeness (QED) is 0.859. The van der Waals surface area contributed by atoms with Crippen LogP contribution < -0.4 is 5.32 Å². The van der Waals surface area contributed by atoms with Crippen LogP contribution in [0.3, 0.4) is 0 Å². The smallest absolute Gasteiger partial charge is 0.159 e. The van der Waals surface area contributed by atoms with E-state index >= 15 is 0 Å². The molecule has 0 saturated carbocycles. The van der Waals surface area contributed by atoms with E-state index in [1.165, 1.54) is 6.07 Å². The lowest BCUT2D eigenvalue weighted by Gasteiger charge is -2.16. The fourth-order valence-corrected chi connectivity index (χ4v) is 2.13. The molecule has 0 aliphatic carbocycles. The molecule has 0 saturated heterocycles. The van der Waals surface area contributed by atoms with Crippen LogP contribution >= 0.6 is 0 Å². The molecule has 0 bridgehead atoms. The van der Waals surface area contributed by atoms with Crippen molar-refractivity contribution in [2.24, 2.45) is 0 Å². The van der Waals surface area contributed by atoms with Crippen molar-refractivity contribution in [1.82, 2.24) is 5.32 Å². The highest BCUT2D eigenvalue weighted by molar-refractivity contribution is 5.21. The van der Waals surface area contributed by atoms with Gasteiger partial charge < -0.3 is 9.73 Å². The zero-order valence-electron chi connectivity index (χ0n) is 11.7. The standard InChI is InChI=1S/C16H19F2NO/c1-3-8-19-15(16-7-4-11(2)20-16)10-12-5-6-13(17)14(18)9-12/h4-7,9,15,19H,3,8,10H2,1-2H3. The van der Waals surface area contributed by atoms with Gasteiger partial charge in [0.05, 0.1) is 6.04 Å². The first-order valence-corrected chi connectivity index (χ1v) is 6.83. The van der Waals surface area contributed by atoms with Crippen molar-refractivity contribution in [3.63, 3.8) is 0 Å². The summed E-state index contributed by atoms with van der Waals surface area (Å²) in [5.41, 5.74) is 0.742. The Hall–Kier alpha value is -1.68. The maximum absolute atomic E-state index is 13.3. The van der Waals surface area contributed by atoms with Gasteiger partial charge in [-0.15, -0.1) is 0 Å². The van der Waals surface area contributed by atoms with Gasteiger partial charge in [-0.05, 0) is 56.1 Å². The second kappa shape index (κ2) is 6.66. The van der Waals surface area contributed by atoms with Gasteiger partial charge in [-0.25, -0.2) is 8.78 Å². The average molecular weight is 279 g/mol. The number of rotatable bonds is 6. The molecule has 1 aromatic carbocycles. The Balaban J connectivity index is 2.16. The van der Waals surface area contributed by atoms with Gasteiger partial charge in [-0.3, -0.25) is 0 Å². The van der Waals surface area contributed by atoms with E-state index in [4.69, 9.17) is 4.42 Å². The predicted octanol–water partition coefficient (Wildman–Crippen LogP) is 4.15. The van der Waals surface area contributed by atoms with E-state index in [0.717, 1.165) is 36.1 Å². The summed E-state index contributed by atoms with van der Waals surface area (Å²) in [5, 5.41) is 3.37. The highest BCUT2D eigenvalue weighted by Gasteiger charge is 2.16. The average Bonchev–Trinajstić information content (AvgIpc) is 2.85. The van der Waals surface area contributed by atoms with Crippen LogP contribution in [0.15, 0.2) is 34.7 Å². The highest BCUT2D eigenvalue weighted by Crippen LogP contribution is 2.22. The van der Waals surface area contributed by atoms with Crippen LogP contribution in [0.5, 0.6) is 0 Å². The summed E-state index contributed by atoms with van der Waals surface area (Å²) in [5.74, 6) is 0.0299. The van der Waals surface area contributed by atoms with Crippen LogP contribution in [0, 0.1) is 18.6 Å². The number of hydrogen-bond donors (Lipinski definition) is 1. The van der Waals surface area contributed by atoms with Gasteiger partial charge in [-0.1, -0.05) is 13.0 Å². The molecule has 0 fully saturated rings. The summed E-state index contributed by atoms with van der Waals surface area (Å²) in [7, 11) is 0. The number of hydrogen-bond acceptors (Lipinski definition) is 2. The van der Waals surface area contributed by atoms with Gasteiger partial charge in [0.2, 0.25) is 0 Å². The molecule has 2 aromatic rings. The molecule has 2 rings (SSSR count). The molecule has 1 aromatic heterocycles. The molecule has 0 aliphatic rings. The Bertz CT molecular complexity index is 565. The molecule has 20 heavy (non-hydrogen) atoms. The molecule has 108 valence electrons. The van der Waals surface area contributed by atoms with Gasteiger partial charge in [0, 0.05) is 0 Å². The van der Waals surface area contributed by atoms with Crippen molar-refractivity contribution in [3.8, 4) is 0 Å². The summed E-state index contributed by atoms with van der Waals surface area (Å²) in [6.07, 6.45) is 1.55. The van der Waals surface area contributed by atoms with Crippen LogP contribution in [0.25, 0.3) is 0 Å². The lowest BCUT2D eigenvalue weighted by molar-refractivity contribution is 0.397. The Morgan fingerprint density at radius 3 is 2.55 bits per heavy atom. The lowest BCUT2D eigenvalue weighted by Crippen LogP contribution is -2.23. The van der Waals surface area contributed by atoms with E-state index in [2.05, 4.69) is 12.2 Å². The van der Waals surface area contributed by atoms with E-state index in [9.17, 15) is 8.78 Å². The molecule has 0 amide bonds. The second-order valence-electron chi connectivity index (χ2n) is 4.91. The van der Waals surface area contributed by atoms with E-state index in [1.54, 1.807) is 6.07 Å². The lowest BCUT2D eigenvalue weighted by atomic mass is 10.0. The Morgan fingerprint density at radius 1 is 1.15 bits per heavy atom. The summed E-state index contributed by atoms with van der Waals surface area (Å²) in [6, 6.07) is 7.80. The normalized spacial score (nSPS) is 12.6. The molecule has 1 heterocycles. The van der Waals surface area contributed by atoms with Crippen molar-refractivity contribution in [2.45, 2.75) is 32.7 Å². The zero-order chi connectivity index (χ0) is 14.5. The van der Waals surface area contributed by atoms with Crippen LogP contribution in [0.1, 0.15) is 36.5 Å². The van der Waals surface area contributed by atoms with E-state index in [0.29, 0.717) is 6.42 Å². The van der Waals surface area contributed by atoms with E-state index in [1.807, 2.05) is 19.1 Å². The monoisotopic (exact) mass is 279 g/mol. The van der Waals surface area contributed by atoms with Crippen LogP contribution in [0.2, 0.25) is 0 Å². The number of furan rings is 1. The maximum atomic E-state index is 13.3. The number of aryl methyl sites for hydroxylation is 1. The third-order valence-corrected chi connectivity index (χ3v) is 3.17. The summed E-state index contributed by atoms with van der Waals surface area (Å²) >= 11 is 0. The van der Waals surface area contributed by atoms with Crippen LogP contribution in [-0.4, -0.2) is 6.54 Å². The first-order chi connectivity index (χ1) is 9.60. The van der Waals surface area contributed by atoms with Crippen molar-refractivity contribution < 1.29 is 13.2 Å². The number of benzene rings is 1. The van der Waals surface area contributed by atoms with Gasteiger partial charge in [0.15, 0.2) is 11.6 Å². The largest absolute Gasteiger partial charge is 0.465 e. The molecule has 1 N–H and O–H groups in total. The van der Waals surface area contributed by atoms with Gasteiger partial charge in [0.1, 0.15) is 11.5 Å². The van der Waals surface area contributed by atoms with Gasteiger partial charge >= 0.3 is 0 Å². The SMILES string of the molecule is CCCNC(Cc1ccc(F)c(F)c1)c1ccc(C)o1. The van der Waals surface area contributed by atoms with Crippen molar-refractivity contribution in [1.29, 1.82) is 0 Å². The molecule has 1 atom stereocenters. The fraction of sp³-hybridized carbons (Fsp3) is 0.375. The third-order valence-electron chi connectivity index (χ3n) is 3.17. The topological polar surface area (TPSA) is 25.2 Å². The fourth-order valence-electron chi connectivity index (χ4n) is 2.13. The van der Waals surface area contributed by atoms with E-state index < -0.39 is 11.6 Å². The number of halogens is 2. The molecular formula is C16H19F2NO. The Kier molecular flexibility index (Phi) is 4.90. The van der Waals surface area contributed by atoms with Crippen LogP contribution in [-0.2, 0) is 6.42 Å². The maximum Gasteiger partial charge on any atom is 0.159 e. The van der Waals surface area contributed by atoms with Crippen molar-refractivity contribution in [3.05, 3.63) is 59.1 Å². The third kappa shape index (κ3) is 3.67. The minimum Gasteiger partial charge on any atom is -0.465 e. The molecule has 0 spiro atoms. The first kappa shape index (κ1) is 14.7. The highest BCUT2D eigenvalue weighted by atomic mass is 19.2. The molecule has 0 aliphatic heterocycles. The Morgan fingerprint density at radius 2 is 1.95 bits per heavy atom. The second-order valence-corrected chi connectivity index (χ2v) is 4.91. The summed E-state index contributed by atoms with van der Waals surface area (Å²) in [6.45, 7) is 4.81. The minimum atomic E-state index is -0.819. The zero-order valence-corrected chi connectivity index (χ0v) is 11.7. The van der Waals surface area contributed by atoms with Gasteiger partial charge in [0.25, 0.3) is 0 Å². The van der Waals surface area contributed by atoms with Crippen LogP contribution in [0.4, 0.5) is 8.78 Å². The first-order valence-electron chi connectivity index (χ1n) is 6.83. The predicted molar refractivity (Wildman–Crippen MR) is 74.5 cm³/mol. The molecule has 0 radical (unpaired) electrons.